The fourth-order valence-corrected chi connectivity index (χ4v) is 3.77. The van der Waals surface area contributed by atoms with Gasteiger partial charge in [0.1, 0.15) is 17.3 Å². The predicted octanol–water partition coefficient (Wildman–Crippen LogP) is 2.88. The Morgan fingerprint density at radius 1 is 1.14 bits per heavy atom. The third-order valence-corrected chi connectivity index (χ3v) is 5.18. The van der Waals surface area contributed by atoms with E-state index in [-0.39, 0.29) is 18.6 Å². The molecule has 0 radical (unpaired) electrons. The lowest BCUT2D eigenvalue weighted by atomic mass is 9.93. The van der Waals surface area contributed by atoms with Crippen LogP contribution in [0.25, 0.3) is 11.4 Å². The van der Waals surface area contributed by atoms with Crippen molar-refractivity contribution in [2.75, 3.05) is 20.4 Å². The molecule has 3 aromatic rings. The van der Waals surface area contributed by atoms with Crippen LogP contribution in [0.3, 0.4) is 0 Å². The lowest BCUT2D eigenvalue weighted by Crippen LogP contribution is -2.26. The van der Waals surface area contributed by atoms with Gasteiger partial charge >= 0.3 is 0 Å². The Labute approximate surface area is 161 Å². The van der Waals surface area contributed by atoms with Crippen LogP contribution >= 0.6 is 0 Å². The molecule has 1 aromatic heterocycles. The SMILES string of the molecule is COc1ccccc1[C@@H]1CNC(=O)c2nc(-c3ccc4c(c3)OCO4)[nH]c2C1. The molecule has 0 bridgehead atoms. The third-order valence-electron chi connectivity index (χ3n) is 5.18. The number of benzene rings is 2. The second-order valence-electron chi connectivity index (χ2n) is 6.83. The predicted molar refractivity (Wildman–Crippen MR) is 102 cm³/mol. The summed E-state index contributed by atoms with van der Waals surface area (Å²) in [5.41, 5.74) is 3.17. The van der Waals surface area contributed by atoms with E-state index in [0.29, 0.717) is 36.0 Å². The molecular formula is C21H19N3O4. The summed E-state index contributed by atoms with van der Waals surface area (Å²) in [6.07, 6.45) is 0.659. The van der Waals surface area contributed by atoms with Crippen molar-refractivity contribution >= 4 is 5.91 Å². The lowest BCUT2D eigenvalue weighted by molar-refractivity contribution is 0.0950. The summed E-state index contributed by atoms with van der Waals surface area (Å²) in [6, 6.07) is 13.5. The van der Waals surface area contributed by atoms with Gasteiger partial charge in [-0.15, -0.1) is 0 Å². The number of aromatic nitrogens is 2. The Hall–Kier alpha value is -3.48. The van der Waals surface area contributed by atoms with E-state index >= 15 is 0 Å². The Morgan fingerprint density at radius 3 is 2.89 bits per heavy atom. The number of H-pyrrole nitrogens is 1. The number of imidazole rings is 1. The molecule has 3 heterocycles. The van der Waals surface area contributed by atoms with Crippen molar-refractivity contribution in [2.24, 2.45) is 0 Å². The molecule has 2 aromatic carbocycles. The van der Waals surface area contributed by atoms with Crippen molar-refractivity contribution in [1.82, 2.24) is 15.3 Å². The van der Waals surface area contributed by atoms with Gasteiger partial charge in [0.25, 0.3) is 5.91 Å². The number of hydrogen-bond acceptors (Lipinski definition) is 5. The number of carbonyl (C=O) groups excluding carboxylic acids is 1. The van der Waals surface area contributed by atoms with E-state index in [9.17, 15) is 4.79 Å². The van der Waals surface area contributed by atoms with Gasteiger partial charge in [-0.1, -0.05) is 18.2 Å². The first-order valence-corrected chi connectivity index (χ1v) is 9.13. The number of aromatic amines is 1. The van der Waals surface area contributed by atoms with Gasteiger partial charge in [-0.05, 0) is 36.2 Å². The van der Waals surface area contributed by atoms with Gasteiger partial charge in [0.15, 0.2) is 11.5 Å². The van der Waals surface area contributed by atoms with E-state index in [0.717, 1.165) is 22.6 Å². The van der Waals surface area contributed by atoms with Crippen LogP contribution in [0, 0.1) is 0 Å². The van der Waals surface area contributed by atoms with Crippen LogP contribution < -0.4 is 19.5 Å². The summed E-state index contributed by atoms with van der Waals surface area (Å²) >= 11 is 0. The molecule has 0 fully saturated rings. The molecule has 7 heteroatoms. The van der Waals surface area contributed by atoms with Crippen LogP contribution in [0.4, 0.5) is 0 Å². The quantitative estimate of drug-likeness (QED) is 0.733. The number of amides is 1. The van der Waals surface area contributed by atoms with Crippen molar-refractivity contribution in [2.45, 2.75) is 12.3 Å². The Bertz CT molecular complexity index is 1060. The van der Waals surface area contributed by atoms with Crippen LogP contribution in [0.5, 0.6) is 17.2 Å². The minimum atomic E-state index is -0.171. The number of para-hydroxylation sites is 1. The molecule has 5 rings (SSSR count). The van der Waals surface area contributed by atoms with E-state index in [4.69, 9.17) is 14.2 Å². The Kier molecular flexibility index (Phi) is 3.93. The van der Waals surface area contributed by atoms with Crippen molar-refractivity contribution in [3.63, 3.8) is 0 Å². The Morgan fingerprint density at radius 2 is 2.00 bits per heavy atom. The van der Waals surface area contributed by atoms with Gasteiger partial charge in [0, 0.05) is 23.7 Å². The zero-order valence-electron chi connectivity index (χ0n) is 15.3. The number of nitrogens with one attached hydrogen (secondary N) is 2. The first-order chi connectivity index (χ1) is 13.7. The third kappa shape index (κ3) is 2.76. The minimum absolute atomic E-state index is 0.0893. The molecule has 1 amide bonds. The molecular weight excluding hydrogens is 358 g/mol. The molecule has 7 nitrogen and oxygen atoms in total. The van der Waals surface area contributed by atoms with Crippen LogP contribution in [-0.2, 0) is 6.42 Å². The minimum Gasteiger partial charge on any atom is -0.496 e. The smallest absolute Gasteiger partial charge is 0.271 e. The van der Waals surface area contributed by atoms with Gasteiger partial charge in [0.2, 0.25) is 6.79 Å². The van der Waals surface area contributed by atoms with Gasteiger partial charge in [-0.3, -0.25) is 4.79 Å². The van der Waals surface area contributed by atoms with Gasteiger partial charge in [-0.25, -0.2) is 4.98 Å². The maximum Gasteiger partial charge on any atom is 0.271 e. The number of ether oxygens (including phenoxy) is 3. The number of fused-ring (bicyclic) bond motifs is 2. The molecule has 0 saturated carbocycles. The number of methoxy groups -OCH3 is 1. The van der Waals surface area contributed by atoms with E-state index in [2.05, 4.69) is 15.3 Å². The van der Waals surface area contributed by atoms with E-state index in [1.807, 2.05) is 42.5 Å². The number of carbonyl (C=O) groups is 1. The van der Waals surface area contributed by atoms with Crippen LogP contribution in [0.15, 0.2) is 42.5 Å². The number of hydrogen-bond donors (Lipinski definition) is 2. The topological polar surface area (TPSA) is 85.5 Å². The number of rotatable bonds is 3. The molecule has 142 valence electrons. The fraction of sp³-hybridized carbons (Fsp3) is 0.238. The van der Waals surface area contributed by atoms with Crippen LogP contribution in [0.1, 0.15) is 27.7 Å². The van der Waals surface area contributed by atoms with Crippen LogP contribution in [-0.4, -0.2) is 36.3 Å². The molecule has 1 atom stereocenters. The first kappa shape index (κ1) is 16.7. The van der Waals surface area contributed by atoms with Crippen molar-refractivity contribution in [1.29, 1.82) is 0 Å². The molecule has 0 saturated heterocycles. The summed E-state index contributed by atoms with van der Waals surface area (Å²) in [5, 5.41) is 2.99. The van der Waals surface area contributed by atoms with E-state index in [1.165, 1.54) is 0 Å². The second-order valence-corrected chi connectivity index (χ2v) is 6.83. The van der Waals surface area contributed by atoms with E-state index in [1.54, 1.807) is 7.11 Å². The monoisotopic (exact) mass is 377 g/mol. The fourth-order valence-electron chi connectivity index (χ4n) is 3.77. The molecule has 2 aliphatic rings. The molecule has 0 spiro atoms. The summed E-state index contributed by atoms with van der Waals surface area (Å²) < 4.78 is 16.3. The zero-order valence-corrected chi connectivity index (χ0v) is 15.3. The summed E-state index contributed by atoms with van der Waals surface area (Å²) in [6.45, 7) is 0.749. The maximum absolute atomic E-state index is 12.6. The largest absolute Gasteiger partial charge is 0.496 e. The van der Waals surface area contributed by atoms with Crippen molar-refractivity contribution in [3.05, 3.63) is 59.4 Å². The zero-order chi connectivity index (χ0) is 19.1. The van der Waals surface area contributed by atoms with Gasteiger partial charge < -0.3 is 24.5 Å². The summed E-state index contributed by atoms with van der Waals surface area (Å²) in [5.74, 6) is 2.77. The summed E-state index contributed by atoms with van der Waals surface area (Å²) in [7, 11) is 1.66. The standard InChI is InChI=1S/C21H19N3O4/c1-26-16-5-3-2-4-14(16)13-8-15-19(21(25)22-10-13)24-20(23-15)12-6-7-17-18(9-12)28-11-27-17/h2-7,9,13H,8,10-11H2,1H3,(H,22,25)(H,23,24)/t13-/m0/s1. The highest BCUT2D eigenvalue weighted by Gasteiger charge is 2.28. The van der Waals surface area contributed by atoms with Crippen LogP contribution in [0.2, 0.25) is 0 Å². The maximum atomic E-state index is 12.6. The average molecular weight is 377 g/mol. The first-order valence-electron chi connectivity index (χ1n) is 9.13. The molecule has 2 aliphatic heterocycles. The van der Waals surface area contributed by atoms with E-state index < -0.39 is 0 Å². The highest BCUT2D eigenvalue weighted by Crippen LogP contribution is 2.36. The highest BCUT2D eigenvalue weighted by molar-refractivity contribution is 5.94. The molecule has 28 heavy (non-hydrogen) atoms. The van der Waals surface area contributed by atoms with Crippen molar-refractivity contribution in [3.8, 4) is 28.6 Å². The molecule has 0 unspecified atom stereocenters. The van der Waals surface area contributed by atoms with Crippen molar-refractivity contribution < 1.29 is 19.0 Å². The van der Waals surface area contributed by atoms with Gasteiger partial charge in [0.05, 0.1) is 7.11 Å². The second kappa shape index (κ2) is 6.60. The Balaban J connectivity index is 1.51. The summed E-state index contributed by atoms with van der Waals surface area (Å²) in [4.78, 5) is 20.5. The normalized spacial score (nSPS) is 17.6. The van der Waals surface area contributed by atoms with Gasteiger partial charge in [-0.2, -0.15) is 0 Å². The average Bonchev–Trinajstić information content (AvgIpc) is 3.34. The molecule has 0 aliphatic carbocycles. The lowest BCUT2D eigenvalue weighted by Gasteiger charge is -2.17. The molecule has 2 N–H and O–H groups in total. The highest BCUT2D eigenvalue weighted by atomic mass is 16.7. The number of nitrogens with zero attached hydrogens (tertiary/aromatic N) is 1.